The molecule has 0 aliphatic carbocycles. The summed E-state index contributed by atoms with van der Waals surface area (Å²) < 4.78 is 18.6. The second-order valence-electron chi connectivity index (χ2n) is 3.08. The first-order valence-corrected chi connectivity index (χ1v) is 5.41. The summed E-state index contributed by atoms with van der Waals surface area (Å²) in [6.07, 6.45) is 0.222. The van der Waals surface area contributed by atoms with Crippen LogP contribution in [0.5, 0.6) is 5.75 Å². The molecule has 0 aliphatic heterocycles. The number of nitrogen functional groups attached to an aromatic ring is 1. The van der Waals surface area contributed by atoms with Crippen LogP contribution in [0.15, 0.2) is 16.6 Å². The number of anilines is 1. The number of carbonyl (C=O) groups is 1. The average molecular weight is 291 g/mol. The molecular weight excluding hydrogens is 279 g/mol. The number of nitrogens with two attached hydrogens (primary N) is 1. The van der Waals surface area contributed by atoms with E-state index in [-0.39, 0.29) is 24.6 Å². The third kappa shape index (κ3) is 3.37. The highest BCUT2D eigenvalue weighted by Gasteiger charge is 2.09. The number of ether oxygens (including phenoxy) is 1. The van der Waals surface area contributed by atoms with Gasteiger partial charge in [0, 0.05) is 13.1 Å². The van der Waals surface area contributed by atoms with Crippen LogP contribution in [0.1, 0.15) is 6.42 Å². The molecule has 1 rings (SSSR count). The van der Waals surface area contributed by atoms with Crippen LogP contribution in [0.25, 0.3) is 0 Å². The number of hydrogen-bond donors (Lipinski definition) is 2. The fourth-order valence-electron chi connectivity index (χ4n) is 1.10. The molecule has 0 fully saturated rings. The number of rotatable bonds is 4. The highest BCUT2D eigenvalue weighted by atomic mass is 79.9. The molecule has 0 unspecified atom stereocenters. The van der Waals surface area contributed by atoms with E-state index in [0.717, 1.165) is 0 Å². The number of halogens is 2. The van der Waals surface area contributed by atoms with Crippen molar-refractivity contribution in [1.82, 2.24) is 5.32 Å². The van der Waals surface area contributed by atoms with Crippen LogP contribution < -0.4 is 15.8 Å². The molecular formula is C10H12BrFN2O2. The molecule has 0 aromatic heterocycles. The molecule has 0 saturated heterocycles. The summed E-state index contributed by atoms with van der Waals surface area (Å²) in [4.78, 5) is 10.9. The summed E-state index contributed by atoms with van der Waals surface area (Å²) in [7, 11) is 1.55. The lowest BCUT2D eigenvalue weighted by molar-refractivity contribution is -0.121. The normalized spacial score (nSPS) is 9.94. The van der Waals surface area contributed by atoms with Crippen LogP contribution in [0.3, 0.4) is 0 Å². The second kappa shape index (κ2) is 5.69. The number of carbonyl (C=O) groups excluding carboxylic acids is 1. The molecule has 0 aliphatic rings. The summed E-state index contributed by atoms with van der Waals surface area (Å²) in [6, 6.07) is 2.42. The van der Waals surface area contributed by atoms with Crippen molar-refractivity contribution < 1.29 is 13.9 Å². The monoisotopic (exact) mass is 290 g/mol. The van der Waals surface area contributed by atoms with Crippen LogP contribution in [0, 0.1) is 5.82 Å². The average Bonchev–Trinajstić information content (AvgIpc) is 2.21. The van der Waals surface area contributed by atoms with Crippen molar-refractivity contribution in [2.45, 2.75) is 6.42 Å². The van der Waals surface area contributed by atoms with Gasteiger partial charge in [0.15, 0.2) is 5.75 Å². The van der Waals surface area contributed by atoms with Gasteiger partial charge in [-0.25, -0.2) is 4.39 Å². The van der Waals surface area contributed by atoms with Gasteiger partial charge in [0.05, 0.1) is 23.2 Å². The molecule has 0 spiro atoms. The molecule has 1 aromatic carbocycles. The van der Waals surface area contributed by atoms with Gasteiger partial charge in [-0.1, -0.05) is 0 Å². The zero-order valence-corrected chi connectivity index (χ0v) is 10.3. The van der Waals surface area contributed by atoms with Gasteiger partial charge in [0.1, 0.15) is 5.82 Å². The maximum Gasteiger partial charge on any atom is 0.223 e. The van der Waals surface area contributed by atoms with E-state index < -0.39 is 5.82 Å². The molecule has 88 valence electrons. The van der Waals surface area contributed by atoms with Gasteiger partial charge in [-0.2, -0.15) is 0 Å². The Bertz CT molecular complexity index is 375. The quantitative estimate of drug-likeness (QED) is 0.830. The van der Waals surface area contributed by atoms with Crippen molar-refractivity contribution in [2.24, 2.45) is 0 Å². The number of amides is 1. The van der Waals surface area contributed by atoms with E-state index in [1.54, 1.807) is 7.05 Å². The zero-order valence-electron chi connectivity index (χ0n) is 8.72. The van der Waals surface area contributed by atoms with E-state index in [9.17, 15) is 9.18 Å². The molecule has 6 heteroatoms. The van der Waals surface area contributed by atoms with Gasteiger partial charge in [-0.15, -0.1) is 0 Å². The minimum Gasteiger partial charge on any atom is -0.490 e. The maximum absolute atomic E-state index is 12.9. The minimum atomic E-state index is -0.442. The third-order valence-corrected chi connectivity index (χ3v) is 2.48. The van der Waals surface area contributed by atoms with E-state index in [4.69, 9.17) is 10.5 Å². The van der Waals surface area contributed by atoms with E-state index in [1.807, 2.05) is 0 Å². The molecule has 1 amide bonds. The summed E-state index contributed by atoms with van der Waals surface area (Å²) in [5.41, 5.74) is 5.77. The van der Waals surface area contributed by atoms with Crippen LogP contribution >= 0.6 is 15.9 Å². The Labute approximate surface area is 101 Å². The van der Waals surface area contributed by atoms with Gasteiger partial charge in [0.25, 0.3) is 0 Å². The van der Waals surface area contributed by atoms with Crippen molar-refractivity contribution >= 4 is 27.5 Å². The highest BCUT2D eigenvalue weighted by molar-refractivity contribution is 9.10. The van der Waals surface area contributed by atoms with Gasteiger partial charge in [-0.05, 0) is 22.0 Å². The molecule has 4 nitrogen and oxygen atoms in total. The summed E-state index contributed by atoms with van der Waals surface area (Å²) in [5.74, 6) is -0.217. The molecule has 3 N–H and O–H groups in total. The largest absolute Gasteiger partial charge is 0.490 e. The van der Waals surface area contributed by atoms with Crippen LogP contribution in [0.2, 0.25) is 0 Å². The van der Waals surface area contributed by atoms with Crippen LogP contribution in [-0.4, -0.2) is 19.6 Å². The first-order valence-electron chi connectivity index (χ1n) is 4.62. The van der Waals surface area contributed by atoms with E-state index in [2.05, 4.69) is 21.2 Å². The molecule has 0 radical (unpaired) electrons. The topological polar surface area (TPSA) is 64.3 Å². The van der Waals surface area contributed by atoms with Gasteiger partial charge in [0.2, 0.25) is 5.91 Å². The van der Waals surface area contributed by atoms with Crippen molar-refractivity contribution in [3.8, 4) is 5.75 Å². The van der Waals surface area contributed by atoms with Gasteiger partial charge in [-0.3, -0.25) is 4.79 Å². The van der Waals surface area contributed by atoms with Crippen molar-refractivity contribution in [2.75, 3.05) is 19.4 Å². The first-order chi connectivity index (χ1) is 7.54. The molecule has 1 aromatic rings. The van der Waals surface area contributed by atoms with E-state index >= 15 is 0 Å². The molecule has 0 heterocycles. The summed E-state index contributed by atoms with van der Waals surface area (Å²) in [5, 5.41) is 2.47. The summed E-state index contributed by atoms with van der Waals surface area (Å²) >= 11 is 3.14. The Morgan fingerprint density at radius 3 is 2.88 bits per heavy atom. The van der Waals surface area contributed by atoms with Crippen LogP contribution in [0.4, 0.5) is 10.1 Å². The second-order valence-corrected chi connectivity index (χ2v) is 3.93. The van der Waals surface area contributed by atoms with Gasteiger partial charge >= 0.3 is 0 Å². The lowest BCUT2D eigenvalue weighted by Crippen LogP contribution is -2.20. The molecule has 0 bridgehead atoms. The fraction of sp³-hybridized carbons (Fsp3) is 0.300. The Hall–Kier alpha value is -1.30. The lowest BCUT2D eigenvalue weighted by Gasteiger charge is -2.10. The third-order valence-electron chi connectivity index (χ3n) is 1.89. The molecule has 0 saturated carbocycles. The SMILES string of the molecule is CNC(=O)CCOc1c(N)cc(F)cc1Br. The molecule has 0 atom stereocenters. The Kier molecular flexibility index (Phi) is 4.54. The first kappa shape index (κ1) is 12.8. The number of benzene rings is 1. The Balaban J connectivity index is 2.64. The van der Waals surface area contributed by atoms with Crippen molar-refractivity contribution in [1.29, 1.82) is 0 Å². The predicted octanol–water partition coefficient (Wildman–Crippen LogP) is 1.69. The standard InChI is InChI=1S/C10H12BrFN2O2/c1-14-9(15)2-3-16-10-7(11)4-6(12)5-8(10)13/h4-5H,2-3,13H2,1H3,(H,14,15). The smallest absolute Gasteiger partial charge is 0.223 e. The fourth-order valence-corrected chi connectivity index (χ4v) is 1.67. The van der Waals surface area contributed by atoms with E-state index in [0.29, 0.717) is 10.2 Å². The Morgan fingerprint density at radius 2 is 2.31 bits per heavy atom. The van der Waals surface area contributed by atoms with E-state index in [1.165, 1.54) is 12.1 Å². The highest BCUT2D eigenvalue weighted by Crippen LogP contribution is 2.32. The zero-order chi connectivity index (χ0) is 12.1. The lowest BCUT2D eigenvalue weighted by atomic mass is 10.3. The van der Waals surface area contributed by atoms with Crippen molar-refractivity contribution in [3.63, 3.8) is 0 Å². The summed E-state index contributed by atoms with van der Waals surface area (Å²) in [6.45, 7) is 0.189. The maximum atomic E-state index is 12.9. The number of nitrogens with one attached hydrogen (secondary N) is 1. The minimum absolute atomic E-state index is 0.128. The predicted molar refractivity (Wildman–Crippen MR) is 62.7 cm³/mol. The number of hydrogen-bond acceptors (Lipinski definition) is 3. The van der Waals surface area contributed by atoms with Gasteiger partial charge < -0.3 is 15.8 Å². The molecule has 16 heavy (non-hydrogen) atoms. The van der Waals surface area contributed by atoms with Crippen molar-refractivity contribution in [3.05, 3.63) is 22.4 Å². The van der Waals surface area contributed by atoms with Crippen LogP contribution in [-0.2, 0) is 4.79 Å². The Morgan fingerprint density at radius 1 is 1.62 bits per heavy atom.